The fourth-order valence-electron chi connectivity index (χ4n) is 2.04. The summed E-state index contributed by atoms with van der Waals surface area (Å²) in [6.07, 6.45) is 2.20. The second-order valence-electron chi connectivity index (χ2n) is 5.30. The molecule has 0 bridgehead atoms. The Morgan fingerprint density at radius 2 is 2.12 bits per heavy atom. The largest absolute Gasteiger partial charge is 0.341 e. The first-order valence-electron chi connectivity index (χ1n) is 5.92. The molecule has 1 heterocycles. The van der Waals surface area contributed by atoms with E-state index in [2.05, 4.69) is 42.8 Å². The van der Waals surface area contributed by atoms with Crippen molar-refractivity contribution in [1.29, 1.82) is 0 Å². The summed E-state index contributed by atoms with van der Waals surface area (Å²) < 4.78 is 0. The van der Waals surface area contributed by atoms with Crippen molar-refractivity contribution >= 4 is 5.91 Å². The molecule has 1 N–H and O–H groups in total. The van der Waals surface area contributed by atoms with E-state index in [1.807, 2.05) is 0 Å². The molecule has 0 saturated carbocycles. The minimum absolute atomic E-state index is 0.150. The van der Waals surface area contributed by atoms with Gasteiger partial charge in [0.2, 0.25) is 0 Å². The average molecular weight is 222 g/mol. The van der Waals surface area contributed by atoms with E-state index in [1.54, 1.807) is 6.92 Å². The summed E-state index contributed by atoms with van der Waals surface area (Å²) in [7, 11) is 0. The van der Waals surface area contributed by atoms with Crippen LogP contribution in [0.1, 0.15) is 40.5 Å². The zero-order valence-corrected chi connectivity index (χ0v) is 10.8. The Labute approximate surface area is 98.6 Å². The van der Waals surface area contributed by atoms with Crippen LogP contribution in [0, 0.1) is 11.8 Å². The average Bonchev–Trinajstić information content (AvgIpc) is 2.17. The fourth-order valence-corrected chi connectivity index (χ4v) is 2.04. The molecule has 1 atom stereocenters. The summed E-state index contributed by atoms with van der Waals surface area (Å²) in [6, 6.07) is 0.251. The van der Waals surface area contributed by atoms with Crippen molar-refractivity contribution < 1.29 is 4.79 Å². The van der Waals surface area contributed by atoms with E-state index in [-0.39, 0.29) is 17.5 Å². The highest BCUT2D eigenvalue weighted by Crippen LogP contribution is 2.19. The first-order valence-corrected chi connectivity index (χ1v) is 5.92. The van der Waals surface area contributed by atoms with Gasteiger partial charge in [0.1, 0.15) is 0 Å². The number of piperidine rings is 1. The summed E-state index contributed by atoms with van der Waals surface area (Å²) in [6.45, 7) is 10.4. The topological polar surface area (TPSA) is 32.3 Å². The van der Waals surface area contributed by atoms with Gasteiger partial charge in [0.05, 0.1) is 0 Å². The predicted octanol–water partition coefficient (Wildman–Crippen LogP) is 1.39. The van der Waals surface area contributed by atoms with Gasteiger partial charge < -0.3 is 5.32 Å². The van der Waals surface area contributed by atoms with Crippen LogP contribution in [0.2, 0.25) is 0 Å². The van der Waals surface area contributed by atoms with E-state index in [4.69, 9.17) is 0 Å². The van der Waals surface area contributed by atoms with Crippen LogP contribution in [0.4, 0.5) is 0 Å². The van der Waals surface area contributed by atoms with Gasteiger partial charge in [0.25, 0.3) is 5.91 Å². The molecule has 0 aliphatic carbocycles. The Kier molecular flexibility index (Phi) is 4.37. The van der Waals surface area contributed by atoms with Crippen molar-refractivity contribution in [3.63, 3.8) is 0 Å². The minimum atomic E-state index is -0.150. The van der Waals surface area contributed by atoms with E-state index in [0.717, 1.165) is 25.9 Å². The standard InChI is InChI=1S/C13H22N2O/c1-5-7-12(16)14-11-8-6-9-15(10-11)13(2,3)4/h11H,6,8-10H2,1-4H3,(H,14,16). The second kappa shape index (κ2) is 5.36. The van der Waals surface area contributed by atoms with Crippen LogP contribution in [0.25, 0.3) is 0 Å². The Bertz CT molecular complexity index is 306. The van der Waals surface area contributed by atoms with E-state index >= 15 is 0 Å². The van der Waals surface area contributed by atoms with E-state index in [9.17, 15) is 4.79 Å². The van der Waals surface area contributed by atoms with Crippen molar-refractivity contribution in [3.05, 3.63) is 0 Å². The summed E-state index contributed by atoms with van der Waals surface area (Å²) in [5, 5.41) is 2.97. The third-order valence-electron chi connectivity index (χ3n) is 2.94. The van der Waals surface area contributed by atoms with Crippen molar-refractivity contribution in [2.75, 3.05) is 13.1 Å². The molecular formula is C13H22N2O. The first kappa shape index (κ1) is 13.1. The second-order valence-corrected chi connectivity index (χ2v) is 5.30. The van der Waals surface area contributed by atoms with Gasteiger partial charge in [-0.2, -0.15) is 0 Å². The van der Waals surface area contributed by atoms with Crippen LogP contribution in [0.3, 0.4) is 0 Å². The number of rotatable bonds is 1. The molecule has 1 aliphatic rings. The third kappa shape index (κ3) is 3.86. The zero-order valence-electron chi connectivity index (χ0n) is 10.8. The van der Waals surface area contributed by atoms with Gasteiger partial charge in [-0.05, 0) is 53.0 Å². The fraction of sp³-hybridized carbons (Fsp3) is 0.769. The minimum Gasteiger partial charge on any atom is -0.341 e. The predicted molar refractivity (Wildman–Crippen MR) is 65.9 cm³/mol. The molecule has 0 aromatic rings. The van der Waals surface area contributed by atoms with Gasteiger partial charge in [0, 0.05) is 18.1 Å². The summed E-state index contributed by atoms with van der Waals surface area (Å²) in [5.41, 5.74) is 0.180. The molecule has 16 heavy (non-hydrogen) atoms. The number of nitrogens with one attached hydrogen (secondary N) is 1. The molecule has 3 nitrogen and oxygen atoms in total. The molecule has 3 heteroatoms. The van der Waals surface area contributed by atoms with Crippen LogP contribution in [-0.4, -0.2) is 35.5 Å². The highest BCUT2D eigenvalue weighted by atomic mass is 16.1. The van der Waals surface area contributed by atoms with Gasteiger partial charge in [-0.3, -0.25) is 9.69 Å². The SMILES string of the molecule is CC#CC(=O)NC1CCCN(C(C)(C)C)C1. The lowest BCUT2D eigenvalue weighted by molar-refractivity contribution is -0.116. The Hall–Kier alpha value is -1.01. The van der Waals surface area contributed by atoms with E-state index in [1.165, 1.54) is 0 Å². The number of hydrogen-bond donors (Lipinski definition) is 1. The lowest BCUT2D eigenvalue weighted by Crippen LogP contribution is -2.53. The molecule has 90 valence electrons. The number of carbonyl (C=O) groups excluding carboxylic acids is 1. The van der Waals surface area contributed by atoms with E-state index in [0.29, 0.717) is 0 Å². The first-order chi connectivity index (χ1) is 7.43. The van der Waals surface area contributed by atoms with Crippen molar-refractivity contribution in [1.82, 2.24) is 10.2 Å². The molecule has 1 aliphatic heterocycles. The van der Waals surface area contributed by atoms with Gasteiger partial charge >= 0.3 is 0 Å². The van der Waals surface area contributed by atoms with E-state index < -0.39 is 0 Å². The third-order valence-corrected chi connectivity index (χ3v) is 2.94. The zero-order chi connectivity index (χ0) is 12.2. The van der Waals surface area contributed by atoms with Crippen LogP contribution in [-0.2, 0) is 4.79 Å². The summed E-state index contributed by atoms with van der Waals surface area (Å²) in [4.78, 5) is 13.8. The highest BCUT2D eigenvalue weighted by Gasteiger charge is 2.28. The van der Waals surface area contributed by atoms with Gasteiger partial charge in [0.15, 0.2) is 0 Å². The van der Waals surface area contributed by atoms with Gasteiger partial charge in [-0.15, -0.1) is 0 Å². The number of nitrogens with zero attached hydrogens (tertiary/aromatic N) is 1. The van der Waals surface area contributed by atoms with Gasteiger partial charge in [-0.1, -0.05) is 5.92 Å². The monoisotopic (exact) mass is 222 g/mol. The smallest absolute Gasteiger partial charge is 0.296 e. The number of carbonyl (C=O) groups is 1. The van der Waals surface area contributed by atoms with Gasteiger partial charge in [-0.25, -0.2) is 0 Å². The van der Waals surface area contributed by atoms with Crippen LogP contribution in [0.15, 0.2) is 0 Å². The Morgan fingerprint density at radius 1 is 1.44 bits per heavy atom. The molecule has 1 unspecified atom stereocenters. The maximum absolute atomic E-state index is 11.4. The lowest BCUT2D eigenvalue weighted by atomic mass is 9.98. The maximum atomic E-state index is 11.4. The summed E-state index contributed by atoms with van der Waals surface area (Å²) >= 11 is 0. The quantitative estimate of drug-likeness (QED) is 0.680. The maximum Gasteiger partial charge on any atom is 0.296 e. The molecular weight excluding hydrogens is 200 g/mol. The van der Waals surface area contributed by atoms with Crippen LogP contribution >= 0.6 is 0 Å². The summed E-state index contributed by atoms with van der Waals surface area (Å²) in [5.74, 6) is 5.00. The van der Waals surface area contributed by atoms with Crippen molar-refractivity contribution in [2.45, 2.75) is 52.1 Å². The molecule has 1 rings (SSSR count). The Morgan fingerprint density at radius 3 is 2.69 bits per heavy atom. The number of likely N-dealkylation sites (tertiary alicyclic amines) is 1. The molecule has 1 saturated heterocycles. The van der Waals surface area contributed by atoms with Crippen LogP contribution in [0.5, 0.6) is 0 Å². The molecule has 1 fully saturated rings. The highest BCUT2D eigenvalue weighted by molar-refractivity contribution is 5.93. The van der Waals surface area contributed by atoms with Crippen molar-refractivity contribution in [2.24, 2.45) is 0 Å². The normalized spacial score (nSPS) is 22.1. The number of amides is 1. The molecule has 0 aromatic carbocycles. The van der Waals surface area contributed by atoms with Crippen LogP contribution < -0.4 is 5.32 Å². The Balaban J connectivity index is 2.50. The molecule has 0 spiro atoms. The lowest BCUT2D eigenvalue weighted by Gasteiger charge is -2.41. The number of hydrogen-bond acceptors (Lipinski definition) is 2. The van der Waals surface area contributed by atoms with Crippen molar-refractivity contribution in [3.8, 4) is 11.8 Å². The molecule has 1 amide bonds. The molecule has 0 aromatic heterocycles. The molecule has 0 radical (unpaired) electrons.